The summed E-state index contributed by atoms with van der Waals surface area (Å²) in [7, 11) is 0. The van der Waals surface area contributed by atoms with Crippen LogP contribution in [0.2, 0.25) is 5.28 Å². The molecule has 1 aromatic heterocycles. The number of anilines is 2. The lowest BCUT2D eigenvalue weighted by Crippen LogP contribution is -2.27. The molecule has 3 unspecified atom stereocenters. The Bertz CT molecular complexity index is 438. The Morgan fingerprint density at radius 1 is 1.17 bits per heavy atom. The zero-order chi connectivity index (χ0) is 12.5. The Morgan fingerprint density at radius 2 is 2.00 bits per heavy atom. The van der Waals surface area contributed by atoms with Crippen molar-refractivity contribution >= 4 is 23.5 Å². The highest BCUT2D eigenvalue weighted by Gasteiger charge is 2.39. The average molecular weight is 268 g/mol. The fourth-order valence-electron chi connectivity index (χ4n) is 3.24. The number of aromatic nitrogens is 3. The molecule has 1 heterocycles. The highest BCUT2D eigenvalue weighted by Crippen LogP contribution is 2.45. The third-order valence-electron chi connectivity index (χ3n) is 4.00. The summed E-state index contributed by atoms with van der Waals surface area (Å²) >= 11 is 5.91. The molecule has 0 spiro atoms. The molecule has 0 aliphatic heterocycles. The van der Waals surface area contributed by atoms with Gasteiger partial charge >= 0.3 is 0 Å². The van der Waals surface area contributed by atoms with Crippen LogP contribution in [0.1, 0.15) is 32.6 Å². The van der Waals surface area contributed by atoms with Crippen molar-refractivity contribution < 1.29 is 0 Å². The molecule has 0 saturated heterocycles. The maximum Gasteiger partial charge on any atom is 0.229 e. The van der Waals surface area contributed by atoms with Gasteiger partial charge in [-0.2, -0.15) is 15.0 Å². The number of nitrogens with one attached hydrogen (secondary N) is 2. The minimum atomic E-state index is 0.242. The lowest BCUT2D eigenvalue weighted by atomic mass is 9.95. The predicted octanol–water partition coefficient (Wildman–Crippen LogP) is 2.56. The Morgan fingerprint density at radius 3 is 2.67 bits per heavy atom. The lowest BCUT2D eigenvalue weighted by molar-refractivity contribution is 0.438. The van der Waals surface area contributed by atoms with E-state index in [9.17, 15) is 0 Å². The lowest BCUT2D eigenvalue weighted by Gasteiger charge is -2.22. The summed E-state index contributed by atoms with van der Waals surface area (Å²) in [5.41, 5.74) is 0. The van der Waals surface area contributed by atoms with Crippen LogP contribution in [0, 0.1) is 11.8 Å². The summed E-state index contributed by atoms with van der Waals surface area (Å²) in [6.07, 6.45) is 5.33. The first-order valence-corrected chi connectivity index (χ1v) is 7.04. The zero-order valence-corrected chi connectivity index (χ0v) is 11.2. The average Bonchev–Trinajstić information content (AvgIpc) is 2.90. The smallest absolute Gasteiger partial charge is 0.229 e. The minimum Gasteiger partial charge on any atom is -0.354 e. The van der Waals surface area contributed by atoms with Gasteiger partial charge in [0.1, 0.15) is 0 Å². The second-order valence-electron chi connectivity index (χ2n) is 5.21. The summed E-state index contributed by atoms with van der Waals surface area (Å²) in [6, 6.07) is 0.511. The summed E-state index contributed by atoms with van der Waals surface area (Å²) in [6.45, 7) is 2.77. The van der Waals surface area contributed by atoms with Gasteiger partial charge in [-0.3, -0.25) is 0 Å². The Labute approximate surface area is 112 Å². The molecule has 98 valence electrons. The van der Waals surface area contributed by atoms with Gasteiger partial charge in [-0.1, -0.05) is 6.42 Å². The van der Waals surface area contributed by atoms with Gasteiger partial charge < -0.3 is 10.6 Å². The number of hydrogen-bond acceptors (Lipinski definition) is 5. The van der Waals surface area contributed by atoms with E-state index in [4.69, 9.17) is 11.6 Å². The van der Waals surface area contributed by atoms with E-state index in [1.165, 1.54) is 25.7 Å². The SMILES string of the molecule is CCNc1nc(Cl)nc(NC2CC3CCC2C3)n1. The van der Waals surface area contributed by atoms with Gasteiger partial charge in [-0.25, -0.2) is 0 Å². The van der Waals surface area contributed by atoms with E-state index in [1.807, 2.05) is 6.92 Å². The number of halogens is 1. The first-order chi connectivity index (χ1) is 8.74. The van der Waals surface area contributed by atoms with Crippen molar-refractivity contribution in [1.29, 1.82) is 0 Å². The van der Waals surface area contributed by atoms with Crippen molar-refractivity contribution in [1.82, 2.24) is 15.0 Å². The van der Waals surface area contributed by atoms with E-state index in [2.05, 4.69) is 25.6 Å². The third-order valence-corrected chi connectivity index (χ3v) is 4.16. The number of hydrogen-bond donors (Lipinski definition) is 2. The number of nitrogens with zero attached hydrogens (tertiary/aromatic N) is 3. The Kier molecular flexibility index (Phi) is 3.24. The molecule has 2 saturated carbocycles. The molecule has 2 bridgehead atoms. The molecule has 2 fully saturated rings. The second kappa shape index (κ2) is 4.88. The molecule has 2 N–H and O–H groups in total. The van der Waals surface area contributed by atoms with Gasteiger partial charge in [-0.15, -0.1) is 0 Å². The topological polar surface area (TPSA) is 62.7 Å². The van der Waals surface area contributed by atoms with Crippen LogP contribution in [0.25, 0.3) is 0 Å². The van der Waals surface area contributed by atoms with Crippen molar-refractivity contribution in [2.45, 2.75) is 38.6 Å². The second-order valence-corrected chi connectivity index (χ2v) is 5.55. The summed E-state index contributed by atoms with van der Waals surface area (Å²) in [5, 5.41) is 6.73. The van der Waals surface area contributed by atoms with Crippen LogP contribution < -0.4 is 10.6 Å². The van der Waals surface area contributed by atoms with Crippen molar-refractivity contribution in [2.24, 2.45) is 11.8 Å². The molecular formula is C12H18ClN5. The Balaban J connectivity index is 1.72. The van der Waals surface area contributed by atoms with Gasteiger partial charge in [0.25, 0.3) is 0 Å². The monoisotopic (exact) mass is 267 g/mol. The molecule has 0 amide bonds. The molecule has 2 aliphatic carbocycles. The van der Waals surface area contributed by atoms with Crippen LogP contribution in [0.3, 0.4) is 0 Å². The van der Waals surface area contributed by atoms with Gasteiger partial charge in [0.05, 0.1) is 0 Å². The summed E-state index contributed by atoms with van der Waals surface area (Å²) in [5.74, 6) is 2.83. The summed E-state index contributed by atoms with van der Waals surface area (Å²) in [4.78, 5) is 12.5. The Hall–Kier alpha value is -1.10. The molecule has 2 aliphatic rings. The molecule has 18 heavy (non-hydrogen) atoms. The van der Waals surface area contributed by atoms with Crippen LogP contribution in [-0.4, -0.2) is 27.5 Å². The standard InChI is InChI=1S/C12H18ClN5/c1-2-14-11-16-10(13)17-12(18-11)15-9-6-7-3-4-8(9)5-7/h7-9H,2-6H2,1H3,(H2,14,15,16,17,18). The van der Waals surface area contributed by atoms with Crippen LogP contribution in [-0.2, 0) is 0 Å². The first kappa shape index (κ1) is 12.0. The highest BCUT2D eigenvalue weighted by molar-refractivity contribution is 6.28. The molecule has 0 radical (unpaired) electrons. The molecule has 5 nitrogen and oxygen atoms in total. The maximum atomic E-state index is 5.91. The molecule has 3 atom stereocenters. The first-order valence-electron chi connectivity index (χ1n) is 6.66. The molecule has 1 aromatic rings. The highest BCUT2D eigenvalue weighted by atomic mass is 35.5. The van der Waals surface area contributed by atoms with Crippen molar-refractivity contribution in [2.75, 3.05) is 17.2 Å². The van der Waals surface area contributed by atoms with Gasteiger partial charge in [0, 0.05) is 12.6 Å². The fraction of sp³-hybridized carbons (Fsp3) is 0.750. The summed E-state index contributed by atoms with van der Waals surface area (Å²) < 4.78 is 0. The zero-order valence-electron chi connectivity index (χ0n) is 10.5. The number of rotatable bonds is 4. The number of fused-ring (bicyclic) bond motifs is 2. The van der Waals surface area contributed by atoms with E-state index in [-0.39, 0.29) is 5.28 Å². The molecule has 6 heteroatoms. The predicted molar refractivity (Wildman–Crippen MR) is 71.9 cm³/mol. The largest absolute Gasteiger partial charge is 0.354 e. The van der Waals surface area contributed by atoms with Crippen LogP contribution in [0.5, 0.6) is 0 Å². The quantitative estimate of drug-likeness (QED) is 0.878. The molecular weight excluding hydrogens is 250 g/mol. The molecule has 0 aromatic carbocycles. The van der Waals surface area contributed by atoms with Gasteiger partial charge in [0.2, 0.25) is 17.2 Å². The van der Waals surface area contributed by atoms with E-state index in [0.29, 0.717) is 17.9 Å². The van der Waals surface area contributed by atoms with E-state index in [0.717, 1.165) is 18.4 Å². The van der Waals surface area contributed by atoms with Crippen molar-refractivity contribution in [3.63, 3.8) is 0 Å². The van der Waals surface area contributed by atoms with E-state index in [1.54, 1.807) is 0 Å². The van der Waals surface area contributed by atoms with Crippen LogP contribution in [0.15, 0.2) is 0 Å². The van der Waals surface area contributed by atoms with Crippen LogP contribution in [0.4, 0.5) is 11.9 Å². The normalized spacial score (nSPS) is 29.6. The fourth-order valence-corrected chi connectivity index (χ4v) is 3.40. The van der Waals surface area contributed by atoms with Crippen molar-refractivity contribution in [3.8, 4) is 0 Å². The minimum absolute atomic E-state index is 0.242. The molecule has 3 rings (SSSR count). The van der Waals surface area contributed by atoms with Gasteiger partial charge in [-0.05, 0) is 49.6 Å². The van der Waals surface area contributed by atoms with E-state index < -0.39 is 0 Å². The van der Waals surface area contributed by atoms with E-state index >= 15 is 0 Å². The van der Waals surface area contributed by atoms with Crippen molar-refractivity contribution in [3.05, 3.63) is 5.28 Å². The van der Waals surface area contributed by atoms with Gasteiger partial charge in [0.15, 0.2) is 0 Å². The maximum absolute atomic E-state index is 5.91. The third kappa shape index (κ3) is 2.36. The van der Waals surface area contributed by atoms with Crippen LogP contribution >= 0.6 is 11.6 Å².